The van der Waals surface area contributed by atoms with Gasteiger partial charge in [0.1, 0.15) is 9.84 Å². The Morgan fingerprint density at radius 3 is 2.71 bits per heavy atom. The van der Waals surface area contributed by atoms with Gasteiger partial charge < -0.3 is 10.2 Å². The van der Waals surface area contributed by atoms with Crippen molar-refractivity contribution in [3.8, 4) is 0 Å². The molecule has 0 atom stereocenters. The molecular formula is C13H20FN3O3S. The van der Waals surface area contributed by atoms with Crippen molar-refractivity contribution in [2.45, 2.75) is 13.3 Å². The monoisotopic (exact) mass is 317 g/mol. The van der Waals surface area contributed by atoms with Gasteiger partial charge in [0.2, 0.25) is 0 Å². The molecule has 1 aromatic rings. The number of nitrogens with zero attached hydrogens (tertiary/aromatic N) is 2. The Bertz CT molecular complexity index is 605. The summed E-state index contributed by atoms with van der Waals surface area (Å²) < 4.78 is 36.4. The van der Waals surface area contributed by atoms with Crippen LogP contribution < -0.4 is 5.32 Å². The normalized spacial score (nSPS) is 11.2. The molecule has 1 heterocycles. The van der Waals surface area contributed by atoms with Crippen molar-refractivity contribution in [1.29, 1.82) is 0 Å². The van der Waals surface area contributed by atoms with E-state index in [0.717, 1.165) is 12.7 Å². The fraction of sp³-hybridized carbons (Fsp3) is 0.538. The number of hydrogen-bond donors (Lipinski definition) is 1. The molecule has 0 bridgehead atoms. The van der Waals surface area contributed by atoms with Gasteiger partial charge >= 0.3 is 0 Å². The first-order chi connectivity index (χ1) is 9.76. The van der Waals surface area contributed by atoms with E-state index in [2.05, 4.69) is 10.3 Å². The number of aromatic nitrogens is 1. The number of amides is 1. The van der Waals surface area contributed by atoms with Crippen LogP contribution in [0.2, 0.25) is 0 Å². The second-order valence-corrected chi connectivity index (χ2v) is 7.06. The summed E-state index contributed by atoms with van der Waals surface area (Å²) in [6, 6.07) is 1.28. The molecule has 0 fully saturated rings. The first-order valence-electron chi connectivity index (χ1n) is 6.57. The van der Waals surface area contributed by atoms with Crippen molar-refractivity contribution in [3.05, 3.63) is 23.6 Å². The summed E-state index contributed by atoms with van der Waals surface area (Å²) in [5, 5.41) is 2.80. The second kappa shape index (κ2) is 7.35. The van der Waals surface area contributed by atoms with Gasteiger partial charge in [-0.05, 0) is 12.5 Å². The quantitative estimate of drug-likeness (QED) is 0.816. The molecule has 0 spiro atoms. The average molecular weight is 317 g/mol. The van der Waals surface area contributed by atoms with Crippen molar-refractivity contribution in [2.24, 2.45) is 0 Å². The van der Waals surface area contributed by atoms with Gasteiger partial charge in [-0.25, -0.2) is 17.8 Å². The molecule has 0 aliphatic heterocycles. The summed E-state index contributed by atoms with van der Waals surface area (Å²) in [6.45, 7) is 2.49. The van der Waals surface area contributed by atoms with E-state index < -0.39 is 21.6 Å². The highest BCUT2D eigenvalue weighted by molar-refractivity contribution is 7.90. The summed E-state index contributed by atoms with van der Waals surface area (Å²) in [7, 11) is -1.74. The van der Waals surface area contributed by atoms with E-state index in [4.69, 9.17) is 0 Å². The van der Waals surface area contributed by atoms with Crippen LogP contribution in [0.4, 0.5) is 10.2 Å². The number of halogens is 1. The molecule has 118 valence electrons. The summed E-state index contributed by atoms with van der Waals surface area (Å²) in [6.07, 6.45) is 3.23. The number of rotatable bonds is 7. The van der Waals surface area contributed by atoms with E-state index in [0.29, 0.717) is 6.54 Å². The van der Waals surface area contributed by atoms with Crippen molar-refractivity contribution in [3.63, 3.8) is 0 Å². The van der Waals surface area contributed by atoms with Gasteiger partial charge in [0.15, 0.2) is 11.6 Å². The third-order valence-electron chi connectivity index (χ3n) is 2.81. The fourth-order valence-corrected chi connectivity index (χ4v) is 2.19. The highest BCUT2D eigenvalue weighted by Gasteiger charge is 2.20. The minimum absolute atomic E-state index is 0.0111. The molecule has 1 aromatic heterocycles. The van der Waals surface area contributed by atoms with E-state index in [1.165, 1.54) is 24.2 Å². The summed E-state index contributed by atoms with van der Waals surface area (Å²) in [5.74, 6) is -1.43. The van der Waals surface area contributed by atoms with Crippen molar-refractivity contribution in [1.82, 2.24) is 9.88 Å². The number of carbonyl (C=O) groups excluding carboxylic acids is 1. The molecule has 0 saturated heterocycles. The van der Waals surface area contributed by atoms with Crippen LogP contribution in [0.3, 0.4) is 0 Å². The highest BCUT2D eigenvalue weighted by atomic mass is 32.2. The maximum atomic E-state index is 14.2. The van der Waals surface area contributed by atoms with Crippen LogP contribution in [0.1, 0.15) is 23.7 Å². The Kier molecular flexibility index (Phi) is 6.07. The van der Waals surface area contributed by atoms with E-state index in [1.807, 2.05) is 6.92 Å². The van der Waals surface area contributed by atoms with Crippen LogP contribution in [0.25, 0.3) is 0 Å². The molecule has 0 unspecified atom stereocenters. The molecule has 0 radical (unpaired) electrons. The lowest BCUT2D eigenvalue weighted by atomic mass is 10.2. The van der Waals surface area contributed by atoms with E-state index in [-0.39, 0.29) is 23.7 Å². The van der Waals surface area contributed by atoms with Gasteiger partial charge in [-0.1, -0.05) is 6.92 Å². The average Bonchev–Trinajstić information content (AvgIpc) is 2.42. The second-order valence-electron chi connectivity index (χ2n) is 4.80. The molecule has 0 aromatic carbocycles. The van der Waals surface area contributed by atoms with Crippen LogP contribution in [0.5, 0.6) is 0 Å². The Hall–Kier alpha value is -1.70. The van der Waals surface area contributed by atoms with Crippen molar-refractivity contribution in [2.75, 3.05) is 37.5 Å². The maximum Gasteiger partial charge on any atom is 0.256 e. The van der Waals surface area contributed by atoms with Crippen LogP contribution in [0.15, 0.2) is 12.3 Å². The summed E-state index contributed by atoms with van der Waals surface area (Å²) >= 11 is 0. The molecule has 1 amide bonds. The number of pyridine rings is 1. The minimum atomic E-state index is -3.18. The first kappa shape index (κ1) is 17.4. The lowest BCUT2D eigenvalue weighted by Crippen LogP contribution is -2.32. The van der Waals surface area contributed by atoms with Gasteiger partial charge in [-0.2, -0.15) is 0 Å². The number of anilines is 1. The lowest BCUT2D eigenvalue weighted by molar-refractivity contribution is 0.0799. The Morgan fingerprint density at radius 1 is 1.48 bits per heavy atom. The van der Waals surface area contributed by atoms with E-state index >= 15 is 0 Å². The van der Waals surface area contributed by atoms with Gasteiger partial charge in [0.25, 0.3) is 5.91 Å². The number of nitrogens with one attached hydrogen (secondary N) is 1. The lowest BCUT2D eigenvalue weighted by Gasteiger charge is -2.17. The smallest absolute Gasteiger partial charge is 0.256 e. The topological polar surface area (TPSA) is 79.4 Å². The van der Waals surface area contributed by atoms with Gasteiger partial charge in [0.05, 0.1) is 11.3 Å². The molecular weight excluding hydrogens is 297 g/mol. The van der Waals surface area contributed by atoms with Gasteiger partial charge in [0, 0.05) is 32.6 Å². The van der Waals surface area contributed by atoms with Gasteiger partial charge in [-0.15, -0.1) is 0 Å². The molecule has 1 N–H and O–H groups in total. The van der Waals surface area contributed by atoms with Crippen LogP contribution in [-0.4, -0.2) is 56.4 Å². The first-order valence-corrected chi connectivity index (χ1v) is 8.64. The third kappa shape index (κ3) is 5.30. The zero-order valence-corrected chi connectivity index (χ0v) is 13.2. The zero-order valence-electron chi connectivity index (χ0n) is 12.4. The molecule has 1 rings (SSSR count). The molecule has 8 heteroatoms. The van der Waals surface area contributed by atoms with E-state index in [1.54, 1.807) is 0 Å². The van der Waals surface area contributed by atoms with Gasteiger partial charge in [-0.3, -0.25) is 4.79 Å². The fourth-order valence-electron chi connectivity index (χ4n) is 1.59. The largest absolute Gasteiger partial charge is 0.368 e. The standard InChI is InChI=1S/C13H20FN3O3S/c1-4-6-15-12-11(14)10(5-7-16-12)13(18)17(2)8-9-21(3,19)20/h5,7H,4,6,8-9H2,1-3H3,(H,15,16). The SMILES string of the molecule is CCCNc1nccc(C(=O)N(C)CCS(C)(=O)=O)c1F. The van der Waals surface area contributed by atoms with Crippen molar-refractivity contribution < 1.29 is 17.6 Å². The van der Waals surface area contributed by atoms with Crippen LogP contribution in [0, 0.1) is 5.82 Å². The van der Waals surface area contributed by atoms with Crippen molar-refractivity contribution >= 4 is 21.6 Å². The summed E-state index contributed by atoms with van der Waals surface area (Å²) in [5.41, 5.74) is -0.125. The van der Waals surface area contributed by atoms with Crippen LogP contribution in [-0.2, 0) is 9.84 Å². The predicted octanol–water partition coefficient (Wildman–Crippen LogP) is 1.16. The van der Waals surface area contributed by atoms with Crippen LogP contribution >= 0.6 is 0 Å². The molecule has 0 aliphatic carbocycles. The highest BCUT2D eigenvalue weighted by Crippen LogP contribution is 2.16. The maximum absolute atomic E-state index is 14.2. The molecule has 21 heavy (non-hydrogen) atoms. The Balaban J connectivity index is 2.86. The predicted molar refractivity (Wildman–Crippen MR) is 79.6 cm³/mol. The number of carbonyl (C=O) groups is 1. The van der Waals surface area contributed by atoms with E-state index in [9.17, 15) is 17.6 Å². The zero-order chi connectivity index (χ0) is 16.0. The minimum Gasteiger partial charge on any atom is -0.368 e. The molecule has 6 nitrogen and oxygen atoms in total. The molecule has 0 saturated carbocycles. The Morgan fingerprint density at radius 2 is 2.14 bits per heavy atom. The Labute approximate surface area is 124 Å². The third-order valence-corrected chi connectivity index (χ3v) is 3.73. The molecule has 0 aliphatic rings. The number of hydrogen-bond acceptors (Lipinski definition) is 5. The number of sulfone groups is 1. The summed E-state index contributed by atoms with van der Waals surface area (Å²) in [4.78, 5) is 17.2.